The van der Waals surface area contributed by atoms with Crippen LogP contribution in [-0.2, 0) is 28.9 Å². The van der Waals surface area contributed by atoms with Crippen LogP contribution in [-0.4, -0.2) is 38.0 Å². The predicted octanol–water partition coefficient (Wildman–Crippen LogP) is 2.32. The van der Waals surface area contributed by atoms with Crippen LogP contribution in [0.5, 0.6) is 0 Å². The van der Waals surface area contributed by atoms with E-state index in [4.69, 9.17) is 4.74 Å². The minimum absolute atomic E-state index is 0.0482. The Morgan fingerprint density at radius 3 is 2.63 bits per heavy atom. The summed E-state index contributed by atoms with van der Waals surface area (Å²) in [6.07, 6.45) is 3.63. The van der Waals surface area contributed by atoms with Crippen molar-refractivity contribution in [2.24, 2.45) is 0 Å². The minimum Gasteiger partial charge on any atom is -0.370 e. The van der Waals surface area contributed by atoms with Gasteiger partial charge in [0, 0.05) is 16.1 Å². The van der Waals surface area contributed by atoms with Crippen LogP contribution in [0, 0.1) is 0 Å². The standard InChI is InChI=1S/C22H26N2O2S/c25-22(16-27-21-9-6-18-2-1-3-19(18)14-21)23-20-7-4-17(5-8-20)15-24-10-12-26-13-11-24/h4-9,14H,1-3,10-13,15-16H2,(H,23,25)/p+1. The van der Waals surface area contributed by atoms with Crippen molar-refractivity contribution < 1.29 is 14.4 Å². The number of morpholine rings is 1. The highest BCUT2D eigenvalue weighted by atomic mass is 32.2. The number of aryl methyl sites for hydroxylation is 2. The molecule has 1 amide bonds. The van der Waals surface area contributed by atoms with Crippen molar-refractivity contribution in [1.29, 1.82) is 0 Å². The van der Waals surface area contributed by atoms with Gasteiger partial charge in [0.15, 0.2) is 0 Å². The summed E-state index contributed by atoms with van der Waals surface area (Å²) in [5.74, 6) is 0.491. The molecule has 0 bridgehead atoms. The summed E-state index contributed by atoms with van der Waals surface area (Å²) in [6.45, 7) is 4.86. The van der Waals surface area contributed by atoms with Crippen molar-refractivity contribution in [2.75, 3.05) is 37.4 Å². The van der Waals surface area contributed by atoms with Crippen LogP contribution in [0.25, 0.3) is 0 Å². The van der Waals surface area contributed by atoms with Gasteiger partial charge in [-0.3, -0.25) is 4.79 Å². The van der Waals surface area contributed by atoms with Crippen molar-refractivity contribution in [3.63, 3.8) is 0 Å². The van der Waals surface area contributed by atoms with Crippen LogP contribution < -0.4 is 10.2 Å². The van der Waals surface area contributed by atoms with Gasteiger partial charge in [-0.25, -0.2) is 0 Å². The maximum absolute atomic E-state index is 12.3. The molecule has 2 N–H and O–H groups in total. The molecular formula is C22H27N2O2S+. The Kier molecular flexibility index (Phi) is 6.12. The van der Waals surface area contributed by atoms with Crippen LogP contribution >= 0.6 is 11.8 Å². The zero-order chi connectivity index (χ0) is 18.5. The van der Waals surface area contributed by atoms with Gasteiger partial charge in [-0.15, -0.1) is 11.8 Å². The lowest BCUT2D eigenvalue weighted by molar-refractivity contribution is -0.921. The summed E-state index contributed by atoms with van der Waals surface area (Å²) in [7, 11) is 0. The molecule has 0 spiro atoms. The van der Waals surface area contributed by atoms with E-state index in [9.17, 15) is 4.79 Å². The van der Waals surface area contributed by atoms with Crippen LogP contribution in [0.15, 0.2) is 47.4 Å². The van der Waals surface area contributed by atoms with Gasteiger partial charge in [-0.1, -0.05) is 18.2 Å². The summed E-state index contributed by atoms with van der Waals surface area (Å²) in [5.41, 5.74) is 5.11. The van der Waals surface area contributed by atoms with Gasteiger partial charge in [-0.05, 0) is 54.7 Å². The fraction of sp³-hybridized carbons (Fsp3) is 0.409. The first kappa shape index (κ1) is 18.5. The molecule has 5 heteroatoms. The van der Waals surface area contributed by atoms with Gasteiger partial charge in [0.25, 0.3) is 0 Å². The first-order valence-electron chi connectivity index (χ1n) is 9.81. The smallest absolute Gasteiger partial charge is 0.234 e. The van der Waals surface area contributed by atoms with Crippen molar-refractivity contribution in [2.45, 2.75) is 30.7 Å². The van der Waals surface area contributed by atoms with Crippen LogP contribution in [0.3, 0.4) is 0 Å². The minimum atomic E-state index is 0.0482. The fourth-order valence-corrected chi connectivity index (χ4v) is 4.58. The van der Waals surface area contributed by atoms with Gasteiger partial charge in [0.2, 0.25) is 5.91 Å². The second-order valence-corrected chi connectivity index (χ2v) is 8.41. The van der Waals surface area contributed by atoms with E-state index in [-0.39, 0.29) is 5.91 Å². The maximum Gasteiger partial charge on any atom is 0.234 e. The van der Waals surface area contributed by atoms with E-state index in [1.807, 2.05) is 12.1 Å². The van der Waals surface area contributed by atoms with Crippen molar-refractivity contribution >= 4 is 23.4 Å². The number of ether oxygens (including phenoxy) is 1. The summed E-state index contributed by atoms with van der Waals surface area (Å²) in [4.78, 5) is 15.0. The third kappa shape index (κ3) is 5.12. The first-order valence-corrected chi connectivity index (χ1v) is 10.8. The molecule has 0 unspecified atom stereocenters. The number of anilines is 1. The van der Waals surface area contributed by atoms with Crippen molar-refractivity contribution in [1.82, 2.24) is 0 Å². The normalized spacial score (nSPS) is 16.9. The maximum atomic E-state index is 12.3. The van der Waals surface area contributed by atoms with Crippen LogP contribution in [0.2, 0.25) is 0 Å². The Hall–Kier alpha value is -1.82. The Morgan fingerprint density at radius 2 is 1.81 bits per heavy atom. The zero-order valence-corrected chi connectivity index (χ0v) is 16.4. The molecule has 2 aromatic rings. The molecule has 0 atom stereocenters. The molecule has 0 radical (unpaired) electrons. The van der Waals surface area contributed by atoms with E-state index in [1.165, 1.54) is 40.8 Å². The average Bonchev–Trinajstić information content (AvgIpc) is 3.17. The number of hydrogen-bond acceptors (Lipinski definition) is 3. The number of amides is 1. The summed E-state index contributed by atoms with van der Waals surface area (Å²) in [6, 6.07) is 14.9. The van der Waals surface area contributed by atoms with Crippen molar-refractivity contribution in [3.8, 4) is 0 Å². The predicted molar refractivity (Wildman–Crippen MR) is 109 cm³/mol. The number of nitrogens with one attached hydrogen (secondary N) is 2. The molecule has 142 valence electrons. The molecule has 1 aliphatic heterocycles. The average molecular weight is 384 g/mol. The number of rotatable bonds is 6. The third-order valence-electron chi connectivity index (χ3n) is 5.33. The Morgan fingerprint density at radius 1 is 1.04 bits per heavy atom. The number of fused-ring (bicyclic) bond motifs is 1. The molecule has 0 saturated carbocycles. The van der Waals surface area contributed by atoms with E-state index in [1.54, 1.807) is 16.7 Å². The van der Waals surface area contributed by atoms with Gasteiger partial charge in [0.05, 0.1) is 19.0 Å². The number of hydrogen-bond donors (Lipinski definition) is 2. The number of carbonyl (C=O) groups is 1. The monoisotopic (exact) mass is 383 g/mol. The Bertz CT molecular complexity index is 785. The second kappa shape index (κ2) is 8.91. The van der Waals surface area contributed by atoms with Gasteiger partial charge < -0.3 is 15.0 Å². The lowest BCUT2D eigenvalue weighted by Gasteiger charge is -2.23. The Balaban J connectivity index is 1.25. The number of benzene rings is 2. The topological polar surface area (TPSA) is 42.8 Å². The molecule has 2 aromatic carbocycles. The first-order chi connectivity index (χ1) is 13.3. The second-order valence-electron chi connectivity index (χ2n) is 7.36. The van der Waals surface area contributed by atoms with Crippen molar-refractivity contribution in [3.05, 3.63) is 59.2 Å². The van der Waals surface area contributed by atoms with Gasteiger partial charge in [-0.2, -0.15) is 0 Å². The van der Waals surface area contributed by atoms with E-state index in [0.717, 1.165) is 38.5 Å². The van der Waals surface area contributed by atoms with Crippen LogP contribution in [0.1, 0.15) is 23.1 Å². The van der Waals surface area contributed by atoms with E-state index in [2.05, 4.69) is 35.6 Å². The number of thioether (sulfide) groups is 1. The van der Waals surface area contributed by atoms with E-state index < -0.39 is 0 Å². The van der Waals surface area contributed by atoms with Crippen LogP contribution in [0.4, 0.5) is 5.69 Å². The highest BCUT2D eigenvalue weighted by molar-refractivity contribution is 8.00. The van der Waals surface area contributed by atoms with Gasteiger partial charge in [0.1, 0.15) is 19.6 Å². The number of carbonyl (C=O) groups excluding carboxylic acids is 1. The lowest BCUT2D eigenvalue weighted by atomic mass is 10.1. The number of quaternary nitrogens is 1. The molecule has 2 aliphatic rings. The molecule has 4 nitrogen and oxygen atoms in total. The quantitative estimate of drug-likeness (QED) is 0.753. The van der Waals surface area contributed by atoms with E-state index >= 15 is 0 Å². The lowest BCUT2D eigenvalue weighted by Crippen LogP contribution is -3.12. The third-order valence-corrected chi connectivity index (χ3v) is 6.33. The largest absolute Gasteiger partial charge is 0.370 e. The summed E-state index contributed by atoms with van der Waals surface area (Å²) in [5, 5.41) is 3.01. The molecule has 1 aliphatic carbocycles. The SMILES string of the molecule is O=C(CSc1ccc2c(c1)CCC2)Nc1ccc(C[NH+]2CCOCC2)cc1. The molecule has 0 aromatic heterocycles. The molecule has 27 heavy (non-hydrogen) atoms. The molecular weight excluding hydrogens is 356 g/mol. The highest BCUT2D eigenvalue weighted by Crippen LogP contribution is 2.27. The van der Waals surface area contributed by atoms with E-state index in [0.29, 0.717) is 5.75 Å². The molecule has 1 fully saturated rings. The molecule has 1 heterocycles. The molecule has 1 saturated heterocycles. The Labute approximate surface area is 165 Å². The molecule has 4 rings (SSSR count). The fourth-order valence-electron chi connectivity index (χ4n) is 3.82. The summed E-state index contributed by atoms with van der Waals surface area (Å²) < 4.78 is 5.41. The zero-order valence-electron chi connectivity index (χ0n) is 15.6. The van der Waals surface area contributed by atoms with Gasteiger partial charge >= 0.3 is 0 Å². The highest BCUT2D eigenvalue weighted by Gasteiger charge is 2.14. The summed E-state index contributed by atoms with van der Waals surface area (Å²) >= 11 is 1.61.